The van der Waals surface area contributed by atoms with Gasteiger partial charge >= 0.3 is 5.97 Å². The maximum Gasteiger partial charge on any atom is 0.337 e. The molecular weight excluding hydrogens is 392 g/mol. The zero-order chi connectivity index (χ0) is 20.8. The smallest absolute Gasteiger partial charge is 0.337 e. The molecule has 0 saturated heterocycles. The van der Waals surface area contributed by atoms with E-state index in [0.29, 0.717) is 29.3 Å². The van der Waals surface area contributed by atoms with Crippen molar-refractivity contribution in [1.29, 1.82) is 0 Å². The molecule has 0 atom stereocenters. The largest absolute Gasteiger partial charge is 0.484 e. The van der Waals surface area contributed by atoms with E-state index in [0.717, 1.165) is 15.8 Å². The lowest BCUT2D eigenvalue weighted by Gasteiger charge is -2.05. The molecule has 0 fully saturated rings. The second-order valence-electron chi connectivity index (χ2n) is 6.31. The Morgan fingerprint density at radius 3 is 2.69 bits per heavy atom. The number of hydrogen-bond acceptors (Lipinski definition) is 6. The van der Waals surface area contributed by atoms with Gasteiger partial charge in [-0.25, -0.2) is 4.79 Å². The first kappa shape index (κ1) is 20.8. The van der Waals surface area contributed by atoms with Crippen LogP contribution >= 0.6 is 11.3 Å². The van der Waals surface area contributed by atoms with E-state index >= 15 is 0 Å². The number of methoxy groups -OCH3 is 2. The summed E-state index contributed by atoms with van der Waals surface area (Å²) < 4.78 is 18.2. The Kier molecular flexibility index (Phi) is 6.79. The van der Waals surface area contributed by atoms with E-state index in [2.05, 4.69) is 4.99 Å². The normalized spacial score (nSPS) is 11.6. The molecule has 1 heterocycles. The average molecular weight is 414 g/mol. The minimum atomic E-state index is -0.412. The van der Waals surface area contributed by atoms with E-state index < -0.39 is 11.9 Å². The Morgan fingerprint density at radius 1 is 1.14 bits per heavy atom. The first-order valence-corrected chi connectivity index (χ1v) is 9.81. The van der Waals surface area contributed by atoms with Crippen molar-refractivity contribution in [2.75, 3.05) is 27.4 Å². The van der Waals surface area contributed by atoms with E-state index in [1.54, 1.807) is 25.3 Å². The van der Waals surface area contributed by atoms with Crippen LogP contribution in [-0.4, -0.2) is 43.9 Å². The molecule has 0 saturated carbocycles. The van der Waals surface area contributed by atoms with E-state index in [1.165, 1.54) is 18.4 Å². The summed E-state index contributed by atoms with van der Waals surface area (Å²) in [6, 6.07) is 12.7. The molecule has 8 heteroatoms. The summed E-state index contributed by atoms with van der Waals surface area (Å²) in [4.78, 5) is 28.9. The molecule has 7 nitrogen and oxygen atoms in total. The van der Waals surface area contributed by atoms with Crippen molar-refractivity contribution in [3.63, 3.8) is 0 Å². The van der Waals surface area contributed by atoms with Crippen LogP contribution in [-0.2, 0) is 20.8 Å². The highest BCUT2D eigenvalue weighted by Gasteiger charge is 2.12. The van der Waals surface area contributed by atoms with Crippen LogP contribution in [0.5, 0.6) is 5.75 Å². The quantitative estimate of drug-likeness (QED) is 0.556. The first-order chi connectivity index (χ1) is 14.0. The molecule has 29 heavy (non-hydrogen) atoms. The van der Waals surface area contributed by atoms with Gasteiger partial charge in [-0.15, -0.1) is 0 Å². The van der Waals surface area contributed by atoms with Crippen molar-refractivity contribution in [3.8, 4) is 5.75 Å². The third-order valence-corrected chi connectivity index (χ3v) is 5.24. The number of thiazole rings is 1. The summed E-state index contributed by atoms with van der Waals surface area (Å²) in [6.45, 7) is 2.79. The van der Waals surface area contributed by atoms with Gasteiger partial charge in [0.25, 0.3) is 5.91 Å². The molecule has 0 aliphatic rings. The first-order valence-electron chi connectivity index (χ1n) is 8.99. The van der Waals surface area contributed by atoms with Gasteiger partial charge in [-0.2, -0.15) is 4.99 Å². The fourth-order valence-corrected chi connectivity index (χ4v) is 3.90. The monoisotopic (exact) mass is 414 g/mol. The van der Waals surface area contributed by atoms with Crippen molar-refractivity contribution in [2.45, 2.75) is 13.5 Å². The van der Waals surface area contributed by atoms with Gasteiger partial charge in [0.15, 0.2) is 11.4 Å². The van der Waals surface area contributed by atoms with Gasteiger partial charge in [0.2, 0.25) is 0 Å². The highest BCUT2D eigenvalue weighted by Crippen LogP contribution is 2.20. The highest BCUT2D eigenvalue weighted by atomic mass is 32.1. The van der Waals surface area contributed by atoms with Crippen molar-refractivity contribution in [1.82, 2.24) is 4.57 Å². The number of fused-ring (bicyclic) bond motifs is 1. The van der Waals surface area contributed by atoms with Gasteiger partial charge in [0.05, 0.1) is 29.5 Å². The van der Waals surface area contributed by atoms with Crippen LogP contribution in [0.2, 0.25) is 0 Å². The van der Waals surface area contributed by atoms with E-state index in [1.807, 2.05) is 35.8 Å². The van der Waals surface area contributed by atoms with E-state index in [9.17, 15) is 9.59 Å². The molecule has 1 amide bonds. The number of hydrogen-bond donors (Lipinski definition) is 0. The minimum absolute atomic E-state index is 0.157. The Hall–Kier alpha value is -2.97. The lowest BCUT2D eigenvalue weighted by atomic mass is 10.2. The fourth-order valence-electron chi connectivity index (χ4n) is 2.79. The van der Waals surface area contributed by atoms with Gasteiger partial charge in [-0.1, -0.05) is 23.5 Å². The number of ether oxygens (including phenoxy) is 3. The summed E-state index contributed by atoms with van der Waals surface area (Å²) in [7, 11) is 2.95. The van der Waals surface area contributed by atoms with Gasteiger partial charge in [-0.3, -0.25) is 4.79 Å². The maximum atomic E-state index is 12.4. The molecule has 0 aliphatic heterocycles. The minimum Gasteiger partial charge on any atom is -0.484 e. The van der Waals surface area contributed by atoms with Gasteiger partial charge in [0.1, 0.15) is 5.75 Å². The molecule has 0 aliphatic carbocycles. The summed E-state index contributed by atoms with van der Waals surface area (Å²) in [5, 5.41) is 0. The highest BCUT2D eigenvalue weighted by molar-refractivity contribution is 7.16. The Balaban J connectivity index is 1.90. The van der Waals surface area contributed by atoms with Crippen molar-refractivity contribution >= 4 is 33.4 Å². The second kappa shape index (κ2) is 9.49. The number of esters is 1. The van der Waals surface area contributed by atoms with Crippen LogP contribution in [0.3, 0.4) is 0 Å². The van der Waals surface area contributed by atoms with Crippen LogP contribution in [0, 0.1) is 6.92 Å². The van der Waals surface area contributed by atoms with Gasteiger partial charge in [-0.05, 0) is 42.8 Å². The summed E-state index contributed by atoms with van der Waals surface area (Å²) >= 11 is 1.33. The van der Waals surface area contributed by atoms with Gasteiger partial charge < -0.3 is 18.8 Å². The fraction of sp³-hybridized carbons (Fsp3) is 0.286. The zero-order valence-corrected chi connectivity index (χ0v) is 17.3. The lowest BCUT2D eigenvalue weighted by molar-refractivity contribution is -0.120. The summed E-state index contributed by atoms with van der Waals surface area (Å²) in [5.74, 6) is -0.179. The molecule has 2 aromatic carbocycles. The Morgan fingerprint density at radius 2 is 1.97 bits per heavy atom. The third kappa shape index (κ3) is 5.10. The Bertz CT molecular complexity index is 1100. The average Bonchev–Trinajstić information content (AvgIpc) is 3.06. The molecule has 0 unspecified atom stereocenters. The van der Waals surface area contributed by atoms with Crippen LogP contribution in [0.15, 0.2) is 47.5 Å². The maximum absolute atomic E-state index is 12.4. The van der Waals surface area contributed by atoms with E-state index in [-0.39, 0.29) is 6.61 Å². The number of nitrogens with zero attached hydrogens (tertiary/aromatic N) is 2. The zero-order valence-electron chi connectivity index (χ0n) is 16.5. The number of benzene rings is 2. The van der Waals surface area contributed by atoms with Crippen molar-refractivity contribution in [2.24, 2.45) is 4.99 Å². The Labute approximate surface area is 172 Å². The van der Waals surface area contributed by atoms with Crippen molar-refractivity contribution < 1.29 is 23.8 Å². The standard InChI is InChI=1S/C21H22N2O5S/c1-14-5-4-6-16(11-14)28-13-19(24)22-21-23(9-10-26-2)17-8-7-15(20(25)27-3)12-18(17)29-21/h4-8,11-12H,9-10,13H2,1-3H3. The van der Waals surface area contributed by atoms with E-state index in [4.69, 9.17) is 14.2 Å². The topological polar surface area (TPSA) is 79.1 Å². The predicted octanol–water partition coefficient (Wildman–Crippen LogP) is 2.95. The lowest BCUT2D eigenvalue weighted by Crippen LogP contribution is -2.21. The van der Waals surface area contributed by atoms with Crippen LogP contribution in [0.25, 0.3) is 10.2 Å². The number of aryl methyl sites for hydroxylation is 1. The molecule has 1 aromatic heterocycles. The number of amides is 1. The molecule has 0 N–H and O–H groups in total. The molecular formula is C21H22N2O5S. The summed E-state index contributed by atoms with van der Waals surface area (Å²) in [5.41, 5.74) is 2.36. The molecule has 0 spiro atoms. The SMILES string of the molecule is COCCn1c(=NC(=O)COc2cccc(C)c2)sc2cc(C(=O)OC)ccc21. The van der Waals surface area contributed by atoms with Crippen molar-refractivity contribution in [3.05, 3.63) is 58.4 Å². The van der Waals surface area contributed by atoms with Crippen LogP contribution in [0.1, 0.15) is 15.9 Å². The van der Waals surface area contributed by atoms with Gasteiger partial charge in [0, 0.05) is 13.7 Å². The molecule has 0 bridgehead atoms. The third-order valence-electron chi connectivity index (χ3n) is 4.20. The number of carbonyl (C=O) groups excluding carboxylic acids is 2. The molecule has 3 rings (SSSR count). The number of carbonyl (C=O) groups is 2. The molecule has 3 aromatic rings. The summed E-state index contributed by atoms with van der Waals surface area (Å²) in [6.07, 6.45) is 0. The molecule has 152 valence electrons. The van der Waals surface area contributed by atoms with Crippen LogP contribution < -0.4 is 9.54 Å². The number of aromatic nitrogens is 1. The van der Waals surface area contributed by atoms with Crippen LogP contribution in [0.4, 0.5) is 0 Å². The second-order valence-corrected chi connectivity index (χ2v) is 7.32. The predicted molar refractivity (Wildman–Crippen MR) is 110 cm³/mol. The molecule has 0 radical (unpaired) electrons. The number of rotatable bonds is 7.